The minimum Gasteiger partial charge on any atom is -0.465 e. The van der Waals surface area contributed by atoms with Crippen LogP contribution in [0.2, 0.25) is 0 Å². The van der Waals surface area contributed by atoms with E-state index in [-0.39, 0.29) is 41.3 Å². The molecule has 12 nitrogen and oxygen atoms in total. The van der Waals surface area contributed by atoms with E-state index in [1.54, 1.807) is 7.05 Å². The van der Waals surface area contributed by atoms with E-state index < -0.39 is 18.0 Å². The molecule has 4 amide bonds. The molecule has 4 aliphatic rings. The summed E-state index contributed by atoms with van der Waals surface area (Å²) in [5.74, 6) is 5.89. The lowest BCUT2D eigenvalue weighted by Crippen LogP contribution is -2.57. The van der Waals surface area contributed by atoms with E-state index >= 15 is 0 Å². The summed E-state index contributed by atoms with van der Waals surface area (Å²) in [6.45, 7) is 3.98. The molecule has 1 aromatic carbocycles. The normalized spacial score (nSPS) is 25.5. The van der Waals surface area contributed by atoms with Gasteiger partial charge in [0.15, 0.2) is 0 Å². The number of imidazole rings is 1. The van der Waals surface area contributed by atoms with E-state index in [4.69, 9.17) is 5.11 Å². The van der Waals surface area contributed by atoms with Gasteiger partial charge in [0.05, 0.1) is 17.6 Å². The Balaban J connectivity index is 1.02. The van der Waals surface area contributed by atoms with Gasteiger partial charge >= 0.3 is 11.8 Å². The fourth-order valence-corrected chi connectivity index (χ4v) is 7.24. The number of benzene rings is 1. The number of carbonyl (C=O) groups is 4. The first kappa shape index (κ1) is 28.0. The highest BCUT2D eigenvalue weighted by atomic mass is 16.4. The summed E-state index contributed by atoms with van der Waals surface area (Å²) in [6.07, 6.45) is 3.37. The number of hydrogen-bond acceptors (Lipinski definition) is 6. The minimum absolute atomic E-state index is 0.00759. The van der Waals surface area contributed by atoms with E-state index in [0.717, 1.165) is 51.0 Å². The third kappa shape index (κ3) is 5.29. The highest BCUT2D eigenvalue weighted by Crippen LogP contribution is 2.40. The molecule has 1 unspecified atom stereocenters. The summed E-state index contributed by atoms with van der Waals surface area (Å²) < 4.78 is 2.97. The summed E-state index contributed by atoms with van der Waals surface area (Å²) in [5.41, 5.74) is 1.93. The number of nitrogens with zero attached hydrogens (tertiary/aromatic N) is 4. The first-order valence-electron chi connectivity index (χ1n) is 14.7. The summed E-state index contributed by atoms with van der Waals surface area (Å²) in [6, 6.07) is 4.75. The Morgan fingerprint density at radius 2 is 1.83 bits per heavy atom. The number of piperidine rings is 1. The topological polar surface area (TPSA) is 146 Å². The number of likely N-dealkylation sites (tertiary alicyclic amines) is 2. The van der Waals surface area contributed by atoms with Gasteiger partial charge in [-0.25, -0.2) is 9.59 Å². The molecule has 1 aliphatic carbocycles. The molecule has 1 saturated carbocycles. The van der Waals surface area contributed by atoms with Crippen LogP contribution >= 0.6 is 0 Å². The van der Waals surface area contributed by atoms with E-state index in [9.17, 15) is 24.0 Å². The minimum atomic E-state index is -1.000. The van der Waals surface area contributed by atoms with Gasteiger partial charge in [-0.15, -0.1) is 0 Å². The van der Waals surface area contributed by atoms with Crippen LogP contribution in [0.5, 0.6) is 0 Å². The van der Waals surface area contributed by atoms with Gasteiger partial charge < -0.3 is 15.3 Å². The SMILES string of the molecule is Cn1c(=O)n(C2CCC(=O)NC2=O)c2ccc(C#CCN3CC4(CCN(C(=O)[C@H]5CC[C@H](NC(=O)O)CC5)C4)C3)cc21. The van der Waals surface area contributed by atoms with Crippen molar-refractivity contribution < 1.29 is 24.3 Å². The van der Waals surface area contributed by atoms with Crippen LogP contribution < -0.4 is 16.3 Å². The van der Waals surface area contributed by atoms with Gasteiger partial charge in [-0.2, -0.15) is 0 Å². The van der Waals surface area contributed by atoms with Gasteiger partial charge in [0.25, 0.3) is 0 Å². The second-order valence-corrected chi connectivity index (χ2v) is 12.3. The molecule has 3 N–H and O–H groups in total. The van der Waals surface area contributed by atoms with Crippen molar-refractivity contribution in [2.24, 2.45) is 18.4 Å². The molecule has 2 aromatic rings. The lowest BCUT2D eigenvalue weighted by atomic mass is 9.79. The molecule has 222 valence electrons. The zero-order chi connectivity index (χ0) is 29.6. The Kier molecular flexibility index (Phi) is 7.30. The van der Waals surface area contributed by atoms with E-state index in [1.165, 1.54) is 9.13 Å². The number of aryl methyl sites for hydroxylation is 1. The van der Waals surface area contributed by atoms with Crippen LogP contribution in [0, 0.1) is 23.2 Å². The van der Waals surface area contributed by atoms with Gasteiger partial charge in [0.2, 0.25) is 17.7 Å². The summed E-state index contributed by atoms with van der Waals surface area (Å²) in [4.78, 5) is 65.2. The molecule has 3 aliphatic heterocycles. The molecule has 1 aromatic heterocycles. The zero-order valence-corrected chi connectivity index (χ0v) is 23.7. The van der Waals surface area contributed by atoms with E-state index in [1.807, 2.05) is 23.1 Å². The van der Waals surface area contributed by atoms with Crippen LogP contribution in [0.4, 0.5) is 4.79 Å². The third-order valence-corrected chi connectivity index (χ3v) is 9.42. The standard InChI is InChI=1S/C30H36N6O6/c1-33-24-15-19(4-9-22(24)36(29(33)42)23-10-11-25(37)32-26(23)38)3-2-13-34-16-30(17-34)12-14-35(18-30)27(39)20-5-7-21(8-6-20)31-28(40)41/h4,9,15,20-21,23,31H,5-8,10-14,16-18H2,1H3,(H,40,41)(H,32,37,38)/t20-,21-,23?. The fraction of sp³-hybridized carbons (Fsp3) is 0.567. The highest BCUT2D eigenvalue weighted by molar-refractivity contribution is 6.00. The van der Waals surface area contributed by atoms with Crippen molar-refractivity contribution in [2.75, 3.05) is 32.7 Å². The molecule has 6 rings (SSSR count). The summed E-state index contributed by atoms with van der Waals surface area (Å²) >= 11 is 0. The lowest BCUT2D eigenvalue weighted by Gasteiger charge is -2.47. The van der Waals surface area contributed by atoms with Crippen molar-refractivity contribution in [2.45, 2.75) is 57.0 Å². The zero-order valence-electron chi connectivity index (χ0n) is 23.7. The van der Waals surface area contributed by atoms with Gasteiger partial charge in [0, 0.05) is 62.6 Å². The van der Waals surface area contributed by atoms with Crippen molar-refractivity contribution in [3.05, 3.63) is 34.2 Å². The number of rotatable bonds is 4. The summed E-state index contributed by atoms with van der Waals surface area (Å²) in [7, 11) is 1.67. The molecule has 42 heavy (non-hydrogen) atoms. The van der Waals surface area contributed by atoms with E-state index in [2.05, 4.69) is 27.4 Å². The Bertz CT molecular complexity index is 1570. The monoisotopic (exact) mass is 576 g/mol. The number of aromatic nitrogens is 2. The van der Waals surface area contributed by atoms with Crippen LogP contribution in [-0.4, -0.2) is 86.6 Å². The summed E-state index contributed by atoms with van der Waals surface area (Å²) in [5, 5.41) is 13.8. The van der Waals surface area contributed by atoms with Gasteiger partial charge in [0.1, 0.15) is 6.04 Å². The second kappa shape index (κ2) is 10.9. The molecule has 4 fully saturated rings. The average molecular weight is 577 g/mol. The number of imide groups is 1. The molecular weight excluding hydrogens is 540 g/mol. The Morgan fingerprint density at radius 1 is 1.07 bits per heavy atom. The van der Waals surface area contributed by atoms with Crippen molar-refractivity contribution in [3.63, 3.8) is 0 Å². The largest absolute Gasteiger partial charge is 0.465 e. The van der Waals surface area contributed by atoms with Crippen LogP contribution in [0.1, 0.15) is 56.6 Å². The Hall–Kier alpha value is -4.11. The Morgan fingerprint density at radius 3 is 2.55 bits per heavy atom. The van der Waals surface area contributed by atoms with Crippen molar-refractivity contribution in [1.29, 1.82) is 0 Å². The molecule has 1 spiro atoms. The maximum atomic E-state index is 13.1. The fourth-order valence-electron chi connectivity index (χ4n) is 7.24. The van der Waals surface area contributed by atoms with Gasteiger partial charge in [-0.05, 0) is 56.7 Å². The van der Waals surface area contributed by atoms with Gasteiger partial charge in [-0.1, -0.05) is 11.8 Å². The van der Waals surface area contributed by atoms with Crippen LogP contribution in [0.25, 0.3) is 11.0 Å². The smallest absolute Gasteiger partial charge is 0.404 e. The first-order valence-corrected chi connectivity index (χ1v) is 14.7. The van der Waals surface area contributed by atoms with Gasteiger partial charge in [-0.3, -0.25) is 33.7 Å². The number of carbonyl (C=O) groups excluding carboxylic acids is 3. The van der Waals surface area contributed by atoms with Crippen molar-refractivity contribution in [1.82, 2.24) is 29.6 Å². The molecule has 3 saturated heterocycles. The van der Waals surface area contributed by atoms with Crippen LogP contribution in [0.15, 0.2) is 23.0 Å². The second-order valence-electron chi connectivity index (χ2n) is 12.3. The molecule has 4 heterocycles. The quantitative estimate of drug-likeness (QED) is 0.364. The van der Waals surface area contributed by atoms with E-state index in [0.29, 0.717) is 36.8 Å². The predicted octanol–water partition coefficient (Wildman–Crippen LogP) is 1.03. The van der Waals surface area contributed by atoms with Crippen molar-refractivity contribution >= 4 is 34.8 Å². The van der Waals surface area contributed by atoms with Crippen LogP contribution in [0.3, 0.4) is 0 Å². The molecule has 1 atom stereocenters. The van der Waals surface area contributed by atoms with Crippen LogP contribution in [-0.2, 0) is 21.4 Å². The lowest BCUT2D eigenvalue weighted by molar-refractivity contribution is -0.137. The predicted molar refractivity (Wildman–Crippen MR) is 152 cm³/mol. The number of carboxylic acid groups (broad SMARTS) is 1. The number of amides is 4. The number of nitrogens with one attached hydrogen (secondary N) is 2. The Labute approximate surface area is 243 Å². The number of fused-ring (bicyclic) bond motifs is 1. The maximum absolute atomic E-state index is 13.1. The molecule has 12 heteroatoms. The maximum Gasteiger partial charge on any atom is 0.404 e. The molecule has 0 radical (unpaired) electrons. The molecule has 0 bridgehead atoms. The first-order chi connectivity index (χ1) is 20.1. The highest BCUT2D eigenvalue weighted by Gasteiger charge is 2.49. The third-order valence-electron chi connectivity index (χ3n) is 9.42. The average Bonchev–Trinajstić information content (AvgIpc) is 3.48. The van der Waals surface area contributed by atoms with Crippen molar-refractivity contribution in [3.8, 4) is 11.8 Å². The number of hydrogen-bond donors (Lipinski definition) is 3. The molecular formula is C30H36N6O6.